The van der Waals surface area contributed by atoms with Crippen molar-refractivity contribution in [2.75, 3.05) is 12.4 Å². The van der Waals surface area contributed by atoms with Gasteiger partial charge in [0.2, 0.25) is 5.95 Å². The summed E-state index contributed by atoms with van der Waals surface area (Å²) in [6.45, 7) is 2.01. The smallest absolute Gasteiger partial charge is 0.357 e. The summed E-state index contributed by atoms with van der Waals surface area (Å²) in [6, 6.07) is 8.25. The average molecular weight is 281 g/mol. The van der Waals surface area contributed by atoms with E-state index in [9.17, 15) is 13.2 Å². The minimum Gasteiger partial charge on any atom is -0.357 e. The zero-order chi connectivity index (χ0) is 14.8. The van der Waals surface area contributed by atoms with E-state index in [2.05, 4.69) is 15.3 Å². The van der Waals surface area contributed by atoms with Gasteiger partial charge >= 0.3 is 6.18 Å². The Balaban J connectivity index is 2.49. The maximum atomic E-state index is 12.8. The van der Waals surface area contributed by atoms with Crippen LogP contribution in [-0.2, 0) is 12.6 Å². The van der Waals surface area contributed by atoms with E-state index >= 15 is 0 Å². The highest BCUT2D eigenvalue weighted by Gasteiger charge is 2.33. The summed E-state index contributed by atoms with van der Waals surface area (Å²) < 4.78 is 38.4. The minimum absolute atomic E-state index is 0.0469. The van der Waals surface area contributed by atoms with Crippen LogP contribution >= 0.6 is 0 Å². The summed E-state index contributed by atoms with van der Waals surface area (Å²) in [4.78, 5) is 7.50. The third-order valence-corrected chi connectivity index (χ3v) is 2.90. The van der Waals surface area contributed by atoms with Gasteiger partial charge in [-0.25, -0.2) is 9.97 Å². The highest BCUT2D eigenvalue weighted by molar-refractivity contribution is 5.61. The van der Waals surface area contributed by atoms with Crippen LogP contribution in [0.5, 0.6) is 0 Å². The van der Waals surface area contributed by atoms with Crippen LogP contribution in [0.15, 0.2) is 30.3 Å². The molecule has 0 aliphatic rings. The molecule has 0 bridgehead atoms. The Morgan fingerprint density at radius 1 is 1.10 bits per heavy atom. The second-order valence-electron chi connectivity index (χ2n) is 4.26. The molecule has 6 heteroatoms. The Labute approximate surface area is 114 Å². The van der Waals surface area contributed by atoms with E-state index < -0.39 is 11.9 Å². The molecule has 2 aromatic rings. The molecule has 106 valence electrons. The summed E-state index contributed by atoms with van der Waals surface area (Å²) in [5.74, 6) is -0.0469. The van der Waals surface area contributed by atoms with Gasteiger partial charge in [0.15, 0.2) is 5.69 Å². The van der Waals surface area contributed by atoms with Crippen LogP contribution in [0.4, 0.5) is 19.1 Å². The van der Waals surface area contributed by atoms with Gasteiger partial charge in [-0.2, -0.15) is 13.2 Å². The first-order valence-corrected chi connectivity index (χ1v) is 6.17. The number of hydrogen-bond donors (Lipinski definition) is 1. The Kier molecular flexibility index (Phi) is 3.92. The van der Waals surface area contributed by atoms with Gasteiger partial charge in [-0.15, -0.1) is 0 Å². The molecule has 1 N–H and O–H groups in total. The lowest BCUT2D eigenvalue weighted by Crippen LogP contribution is -2.11. The number of aromatic nitrogens is 2. The lowest BCUT2D eigenvalue weighted by atomic mass is 10.1. The first kappa shape index (κ1) is 14.3. The van der Waals surface area contributed by atoms with Gasteiger partial charge in [-0.05, 0) is 18.1 Å². The second kappa shape index (κ2) is 5.48. The van der Waals surface area contributed by atoms with Crippen LogP contribution < -0.4 is 5.32 Å². The SMILES string of the molecule is CCc1ccc(-c2cc(C(F)(F)F)nc(NC)n2)cc1. The lowest BCUT2D eigenvalue weighted by molar-refractivity contribution is -0.141. The second-order valence-corrected chi connectivity index (χ2v) is 4.26. The maximum absolute atomic E-state index is 12.8. The van der Waals surface area contributed by atoms with E-state index in [0.29, 0.717) is 5.56 Å². The molecule has 0 amide bonds. The van der Waals surface area contributed by atoms with Gasteiger partial charge in [0, 0.05) is 12.6 Å². The van der Waals surface area contributed by atoms with Crippen molar-refractivity contribution >= 4 is 5.95 Å². The third kappa shape index (κ3) is 3.07. The third-order valence-electron chi connectivity index (χ3n) is 2.90. The molecular weight excluding hydrogens is 267 g/mol. The van der Waals surface area contributed by atoms with Gasteiger partial charge in [0.05, 0.1) is 5.69 Å². The Morgan fingerprint density at radius 3 is 2.25 bits per heavy atom. The molecule has 3 nitrogen and oxygen atoms in total. The molecule has 20 heavy (non-hydrogen) atoms. The van der Waals surface area contributed by atoms with Gasteiger partial charge in [0.1, 0.15) is 0 Å². The molecular formula is C14H14F3N3. The first-order chi connectivity index (χ1) is 9.44. The molecule has 1 aromatic carbocycles. The summed E-state index contributed by atoms with van der Waals surface area (Å²) in [6.07, 6.45) is -3.62. The van der Waals surface area contributed by atoms with E-state index in [1.54, 1.807) is 12.1 Å². The highest BCUT2D eigenvalue weighted by Crippen LogP contribution is 2.31. The van der Waals surface area contributed by atoms with Crippen molar-refractivity contribution in [3.63, 3.8) is 0 Å². The molecule has 1 aromatic heterocycles. The normalized spacial score (nSPS) is 11.4. The molecule has 0 radical (unpaired) electrons. The topological polar surface area (TPSA) is 37.8 Å². The Hall–Kier alpha value is -2.11. The fraction of sp³-hybridized carbons (Fsp3) is 0.286. The molecule has 0 aliphatic carbocycles. The number of hydrogen-bond acceptors (Lipinski definition) is 3. The quantitative estimate of drug-likeness (QED) is 0.930. The van der Waals surface area contributed by atoms with E-state index in [1.165, 1.54) is 7.05 Å². The van der Waals surface area contributed by atoms with Gasteiger partial charge in [0.25, 0.3) is 0 Å². The molecule has 0 atom stereocenters. The number of alkyl halides is 3. The van der Waals surface area contributed by atoms with E-state index in [4.69, 9.17) is 0 Å². The molecule has 0 saturated heterocycles. The molecule has 0 aliphatic heterocycles. The number of halogens is 3. The summed E-state index contributed by atoms with van der Waals surface area (Å²) in [5, 5.41) is 2.55. The van der Waals surface area contributed by atoms with Crippen molar-refractivity contribution in [2.45, 2.75) is 19.5 Å². The maximum Gasteiger partial charge on any atom is 0.433 e. The largest absolute Gasteiger partial charge is 0.433 e. The molecule has 0 unspecified atom stereocenters. The lowest BCUT2D eigenvalue weighted by Gasteiger charge is -2.10. The predicted molar refractivity (Wildman–Crippen MR) is 71.4 cm³/mol. The number of nitrogens with one attached hydrogen (secondary N) is 1. The number of anilines is 1. The van der Waals surface area contributed by atoms with Gasteiger partial charge in [-0.1, -0.05) is 31.2 Å². The van der Waals surface area contributed by atoms with Gasteiger partial charge < -0.3 is 5.32 Å². The van der Waals surface area contributed by atoms with Gasteiger partial charge in [-0.3, -0.25) is 0 Å². The van der Waals surface area contributed by atoms with Crippen molar-refractivity contribution in [3.8, 4) is 11.3 Å². The number of benzene rings is 1. The monoisotopic (exact) mass is 281 g/mol. The van der Waals surface area contributed by atoms with Crippen molar-refractivity contribution in [1.29, 1.82) is 0 Å². The van der Waals surface area contributed by atoms with E-state index in [0.717, 1.165) is 18.1 Å². The summed E-state index contributed by atoms with van der Waals surface area (Å²) >= 11 is 0. The number of nitrogens with zero attached hydrogens (tertiary/aromatic N) is 2. The fourth-order valence-corrected chi connectivity index (χ4v) is 1.76. The molecule has 0 saturated carbocycles. The summed E-state index contributed by atoms with van der Waals surface area (Å²) in [5.41, 5.74) is 1.05. The summed E-state index contributed by atoms with van der Waals surface area (Å²) in [7, 11) is 1.49. The van der Waals surface area contributed by atoms with Crippen LogP contribution in [-0.4, -0.2) is 17.0 Å². The van der Waals surface area contributed by atoms with Crippen LogP contribution in [0.3, 0.4) is 0 Å². The zero-order valence-corrected chi connectivity index (χ0v) is 11.1. The van der Waals surface area contributed by atoms with Crippen LogP contribution in [0, 0.1) is 0 Å². The van der Waals surface area contributed by atoms with E-state index in [-0.39, 0.29) is 11.6 Å². The Bertz CT molecular complexity index is 592. The average Bonchev–Trinajstić information content (AvgIpc) is 2.46. The molecule has 2 rings (SSSR count). The molecule has 1 heterocycles. The van der Waals surface area contributed by atoms with Crippen LogP contribution in [0.1, 0.15) is 18.2 Å². The van der Waals surface area contributed by atoms with Crippen molar-refractivity contribution in [2.24, 2.45) is 0 Å². The standard InChI is InChI=1S/C14H14F3N3/c1-3-9-4-6-10(7-5-9)11-8-12(14(15,16)17)20-13(18-2)19-11/h4-8H,3H2,1-2H3,(H,18,19,20). The number of aryl methyl sites for hydroxylation is 1. The van der Waals surface area contributed by atoms with Crippen molar-refractivity contribution < 1.29 is 13.2 Å². The van der Waals surface area contributed by atoms with Crippen molar-refractivity contribution in [1.82, 2.24) is 9.97 Å². The fourth-order valence-electron chi connectivity index (χ4n) is 1.76. The first-order valence-electron chi connectivity index (χ1n) is 6.17. The minimum atomic E-state index is -4.49. The van der Waals surface area contributed by atoms with Crippen LogP contribution in [0.2, 0.25) is 0 Å². The molecule has 0 fully saturated rings. The van der Waals surface area contributed by atoms with E-state index in [1.807, 2.05) is 19.1 Å². The molecule has 0 spiro atoms. The highest BCUT2D eigenvalue weighted by atomic mass is 19.4. The number of rotatable bonds is 3. The predicted octanol–water partition coefficient (Wildman–Crippen LogP) is 3.77. The van der Waals surface area contributed by atoms with Crippen molar-refractivity contribution in [3.05, 3.63) is 41.6 Å². The Morgan fingerprint density at radius 2 is 1.75 bits per heavy atom. The van der Waals surface area contributed by atoms with Crippen LogP contribution in [0.25, 0.3) is 11.3 Å². The zero-order valence-electron chi connectivity index (χ0n) is 11.1.